The summed E-state index contributed by atoms with van der Waals surface area (Å²) in [7, 11) is 1.24. The first kappa shape index (κ1) is 13.7. The van der Waals surface area contributed by atoms with Crippen LogP contribution in [0.2, 0.25) is 0 Å². The van der Waals surface area contributed by atoms with Gasteiger partial charge in [-0.2, -0.15) is 0 Å². The predicted octanol–water partition coefficient (Wildman–Crippen LogP) is 2.26. The minimum absolute atomic E-state index is 0.153. The Bertz CT molecular complexity index is 658. The molecule has 1 N–H and O–H groups in total. The number of carbonyl (C=O) groups is 2. The molecule has 0 unspecified atom stereocenters. The van der Waals surface area contributed by atoms with Crippen molar-refractivity contribution in [2.45, 2.75) is 0 Å². The van der Waals surface area contributed by atoms with Gasteiger partial charge in [-0.15, -0.1) is 0 Å². The third-order valence-electron chi connectivity index (χ3n) is 2.60. The van der Waals surface area contributed by atoms with Crippen LogP contribution in [-0.2, 0) is 4.74 Å². The molecule has 1 heterocycles. The number of pyridine rings is 1. The Kier molecular flexibility index (Phi) is 4.05. The average molecular weight is 274 g/mol. The van der Waals surface area contributed by atoms with Gasteiger partial charge in [-0.1, -0.05) is 12.1 Å². The summed E-state index contributed by atoms with van der Waals surface area (Å²) >= 11 is 0. The van der Waals surface area contributed by atoms with Crippen molar-refractivity contribution in [2.24, 2.45) is 0 Å². The molecule has 0 saturated carbocycles. The number of amides is 1. The number of benzene rings is 1. The Morgan fingerprint density at radius 2 is 1.95 bits per heavy atom. The maximum Gasteiger partial charge on any atom is 0.339 e. The molecule has 1 aromatic heterocycles. The largest absolute Gasteiger partial charge is 0.465 e. The third kappa shape index (κ3) is 2.80. The lowest BCUT2D eigenvalue weighted by Crippen LogP contribution is -2.16. The Balaban J connectivity index is 2.29. The summed E-state index contributed by atoms with van der Waals surface area (Å²) in [6, 6.07) is 7.57. The van der Waals surface area contributed by atoms with E-state index in [1.165, 1.54) is 31.5 Å². The molecule has 0 fully saturated rings. The van der Waals surface area contributed by atoms with Crippen molar-refractivity contribution < 1.29 is 18.7 Å². The van der Waals surface area contributed by atoms with Crippen LogP contribution in [0.3, 0.4) is 0 Å². The minimum atomic E-state index is -0.736. The number of hydrogen-bond acceptors (Lipinski definition) is 4. The first-order chi connectivity index (χ1) is 9.63. The van der Waals surface area contributed by atoms with Crippen molar-refractivity contribution in [1.82, 2.24) is 4.98 Å². The summed E-state index contributed by atoms with van der Waals surface area (Å²) in [6.45, 7) is 0. The lowest BCUT2D eigenvalue weighted by molar-refractivity contribution is 0.0602. The topological polar surface area (TPSA) is 68.3 Å². The Morgan fingerprint density at radius 3 is 2.65 bits per heavy atom. The standard InChI is InChI=1S/C14H11FN2O3/c1-20-14(19)10-4-2-3-5-12(10)17-13(18)9-6-7-16-8-11(9)15/h2-8H,1H3,(H,17,18). The van der Waals surface area contributed by atoms with E-state index >= 15 is 0 Å². The van der Waals surface area contributed by atoms with E-state index in [9.17, 15) is 14.0 Å². The fourth-order valence-electron chi connectivity index (χ4n) is 1.63. The molecule has 2 aromatic rings. The van der Waals surface area contributed by atoms with Crippen LogP contribution < -0.4 is 5.32 Å². The molecule has 20 heavy (non-hydrogen) atoms. The van der Waals surface area contributed by atoms with Crippen molar-refractivity contribution >= 4 is 17.6 Å². The zero-order chi connectivity index (χ0) is 14.5. The highest BCUT2D eigenvalue weighted by Crippen LogP contribution is 2.17. The lowest BCUT2D eigenvalue weighted by atomic mass is 10.1. The van der Waals surface area contributed by atoms with Crippen molar-refractivity contribution in [1.29, 1.82) is 0 Å². The smallest absolute Gasteiger partial charge is 0.339 e. The number of esters is 1. The monoisotopic (exact) mass is 274 g/mol. The van der Waals surface area contributed by atoms with Gasteiger partial charge in [-0.3, -0.25) is 9.78 Å². The number of carbonyl (C=O) groups excluding carboxylic acids is 2. The lowest BCUT2D eigenvalue weighted by Gasteiger charge is -2.09. The molecule has 0 spiro atoms. The van der Waals surface area contributed by atoms with Gasteiger partial charge >= 0.3 is 5.97 Å². The Labute approximate surface area is 114 Å². The zero-order valence-corrected chi connectivity index (χ0v) is 10.6. The molecule has 0 atom stereocenters. The number of methoxy groups -OCH3 is 1. The van der Waals surface area contributed by atoms with Gasteiger partial charge in [0.1, 0.15) is 0 Å². The molecule has 102 valence electrons. The van der Waals surface area contributed by atoms with Crippen molar-refractivity contribution in [3.8, 4) is 0 Å². The number of halogens is 1. The summed E-state index contributed by atoms with van der Waals surface area (Å²) in [5, 5.41) is 2.48. The molecule has 0 aliphatic carbocycles. The van der Waals surface area contributed by atoms with Gasteiger partial charge in [0, 0.05) is 6.20 Å². The molecular weight excluding hydrogens is 263 g/mol. The molecule has 0 bridgehead atoms. The van der Waals surface area contributed by atoms with E-state index in [4.69, 9.17) is 0 Å². The van der Waals surface area contributed by atoms with E-state index in [0.29, 0.717) is 0 Å². The van der Waals surface area contributed by atoms with Gasteiger partial charge < -0.3 is 10.1 Å². The number of ether oxygens (including phenoxy) is 1. The van der Waals surface area contributed by atoms with Gasteiger partial charge in [-0.25, -0.2) is 9.18 Å². The third-order valence-corrected chi connectivity index (χ3v) is 2.60. The Morgan fingerprint density at radius 1 is 1.20 bits per heavy atom. The number of hydrogen-bond donors (Lipinski definition) is 1. The molecule has 0 aliphatic heterocycles. The SMILES string of the molecule is COC(=O)c1ccccc1NC(=O)c1ccncc1F. The highest BCUT2D eigenvalue weighted by Gasteiger charge is 2.16. The van der Waals surface area contributed by atoms with Crippen molar-refractivity contribution in [3.63, 3.8) is 0 Å². The van der Waals surface area contributed by atoms with E-state index in [2.05, 4.69) is 15.0 Å². The van der Waals surface area contributed by atoms with Crippen LogP contribution in [0, 0.1) is 5.82 Å². The van der Waals surface area contributed by atoms with Gasteiger partial charge in [0.25, 0.3) is 5.91 Å². The summed E-state index contributed by atoms with van der Waals surface area (Å²) in [5.74, 6) is -1.99. The van der Waals surface area contributed by atoms with E-state index in [0.717, 1.165) is 6.20 Å². The van der Waals surface area contributed by atoms with Crippen LogP contribution in [0.4, 0.5) is 10.1 Å². The molecule has 5 nitrogen and oxygen atoms in total. The second-order valence-electron chi connectivity index (χ2n) is 3.85. The molecule has 1 aromatic carbocycles. The van der Waals surface area contributed by atoms with Crippen LogP contribution in [0.25, 0.3) is 0 Å². The molecular formula is C14H11FN2O3. The van der Waals surface area contributed by atoms with Crippen LogP contribution in [0.1, 0.15) is 20.7 Å². The van der Waals surface area contributed by atoms with Crippen molar-refractivity contribution in [2.75, 3.05) is 12.4 Å². The maximum absolute atomic E-state index is 13.5. The number of rotatable bonds is 3. The highest BCUT2D eigenvalue weighted by molar-refractivity contribution is 6.08. The average Bonchev–Trinajstić information content (AvgIpc) is 2.47. The number of nitrogens with zero attached hydrogens (tertiary/aromatic N) is 1. The quantitative estimate of drug-likeness (QED) is 0.872. The van der Waals surface area contributed by atoms with E-state index in [-0.39, 0.29) is 16.8 Å². The zero-order valence-electron chi connectivity index (χ0n) is 10.6. The van der Waals surface area contributed by atoms with Crippen molar-refractivity contribution in [3.05, 3.63) is 59.7 Å². The first-order valence-corrected chi connectivity index (χ1v) is 5.71. The van der Waals surface area contributed by atoms with Gasteiger partial charge in [0.15, 0.2) is 5.82 Å². The summed E-state index contributed by atoms with van der Waals surface area (Å²) in [4.78, 5) is 27.1. The first-order valence-electron chi connectivity index (χ1n) is 5.71. The fraction of sp³-hybridized carbons (Fsp3) is 0.0714. The second-order valence-corrected chi connectivity index (χ2v) is 3.85. The van der Waals surface area contributed by atoms with Crippen LogP contribution in [0.15, 0.2) is 42.7 Å². The Hall–Kier alpha value is -2.76. The molecule has 0 saturated heterocycles. The minimum Gasteiger partial charge on any atom is -0.465 e. The highest BCUT2D eigenvalue weighted by atomic mass is 19.1. The molecule has 2 rings (SSSR count). The number of aromatic nitrogens is 1. The second kappa shape index (κ2) is 5.92. The number of anilines is 1. The number of nitrogens with one attached hydrogen (secondary N) is 1. The van der Waals surface area contributed by atoms with Gasteiger partial charge in [-0.05, 0) is 18.2 Å². The summed E-state index contributed by atoms with van der Waals surface area (Å²) < 4.78 is 18.1. The molecule has 1 amide bonds. The fourth-order valence-corrected chi connectivity index (χ4v) is 1.63. The summed E-state index contributed by atoms with van der Waals surface area (Å²) in [6.07, 6.45) is 2.26. The normalized spacial score (nSPS) is 9.90. The van der Waals surface area contributed by atoms with E-state index in [1.807, 2.05) is 0 Å². The molecule has 6 heteroatoms. The van der Waals surface area contributed by atoms with Crippen LogP contribution >= 0.6 is 0 Å². The summed E-state index contributed by atoms with van der Waals surface area (Å²) in [5.41, 5.74) is 0.290. The number of para-hydroxylation sites is 1. The van der Waals surface area contributed by atoms with Crippen LogP contribution in [0.5, 0.6) is 0 Å². The maximum atomic E-state index is 13.5. The van der Waals surface area contributed by atoms with E-state index in [1.54, 1.807) is 12.1 Å². The van der Waals surface area contributed by atoms with E-state index < -0.39 is 17.7 Å². The molecule has 0 aliphatic rings. The van der Waals surface area contributed by atoms with Gasteiger partial charge in [0.2, 0.25) is 0 Å². The van der Waals surface area contributed by atoms with Crippen LogP contribution in [-0.4, -0.2) is 24.0 Å². The molecule has 0 radical (unpaired) electrons. The predicted molar refractivity (Wildman–Crippen MR) is 69.9 cm³/mol. The van der Waals surface area contributed by atoms with Gasteiger partial charge in [0.05, 0.1) is 30.1 Å².